The van der Waals surface area contributed by atoms with E-state index in [2.05, 4.69) is 28.2 Å². The Labute approximate surface area is 125 Å². The largest absolute Gasteiger partial charge is 0.399 e. The molecule has 0 aliphatic carbocycles. The second-order valence-corrected chi connectivity index (χ2v) is 6.67. The van der Waals surface area contributed by atoms with Gasteiger partial charge in [-0.15, -0.1) is 0 Å². The average molecular weight is 299 g/mol. The third kappa shape index (κ3) is 2.97. The van der Waals surface area contributed by atoms with Crippen molar-refractivity contribution in [2.45, 2.75) is 24.8 Å². The minimum Gasteiger partial charge on any atom is -0.399 e. The number of anilines is 1. The van der Waals surface area contributed by atoms with Crippen molar-refractivity contribution in [3.05, 3.63) is 53.1 Å². The number of aromatic nitrogens is 2. The van der Waals surface area contributed by atoms with Gasteiger partial charge in [0, 0.05) is 5.69 Å². The predicted octanol–water partition coefficient (Wildman–Crippen LogP) is 3.07. The number of hydrogen-bond acceptors (Lipinski definition) is 3. The van der Waals surface area contributed by atoms with Crippen molar-refractivity contribution in [2.24, 2.45) is 0 Å². The highest BCUT2D eigenvalue weighted by Crippen LogP contribution is 2.19. The van der Waals surface area contributed by atoms with Crippen LogP contribution < -0.4 is 5.73 Å². The third-order valence-electron chi connectivity index (χ3n) is 3.28. The fourth-order valence-corrected chi connectivity index (χ4v) is 3.51. The first kappa shape index (κ1) is 13.8. The summed E-state index contributed by atoms with van der Waals surface area (Å²) in [4.78, 5) is 7.48. The highest BCUT2D eigenvalue weighted by Gasteiger charge is 2.11. The van der Waals surface area contributed by atoms with Gasteiger partial charge in [-0.2, -0.15) is 0 Å². The van der Waals surface area contributed by atoms with Crippen molar-refractivity contribution in [2.75, 3.05) is 5.73 Å². The zero-order valence-electron chi connectivity index (χ0n) is 12.0. The van der Waals surface area contributed by atoms with Crippen LogP contribution in [-0.2, 0) is 16.6 Å². The first-order valence-corrected chi connectivity index (χ1v) is 8.04. The second-order valence-electron chi connectivity index (χ2n) is 5.30. The Hall–Kier alpha value is -2.14. The summed E-state index contributed by atoms with van der Waals surface area (Å²) in [6.07, 6.45) is 0. The number of nitrogens with zero attached hydrogens (tertiary/aromatic N) is 1. The first-order valence-electron chi connectivity index (χ1n) is 6.72. The van der Waals surface area contributed by atoms with Crippen molar-refractivity contribution in [1.29, 1.82) is 0 Å². The van der Waals surface area contributed by atoms with E-state index in [0.717, 1.165) is 16.6 Å². The molecule has 3 rings (SSSR count). The van der Waals surface area contributed by atoms with Crippen LogP contribution in [-0.4, -0.2) is 14.2 Å². The Morgan fingerprint density at radius 1 is 1.14 bits per heavy atom. The number of benzene rings is 2. The van der Waals surface area contributed by atoms with Crippen LogP contribution in [0.1, 0.15) is 16.7 Å². The molecule has 2 aromatic carbocycles. The molecule has 0 fully saturated rings. The van der Waals surface area contributed by atoms with Crippen LogP contribution in [0.3, 0.4) is 0 Å². The fraction of sp³-hybridized carbons (Fsp3) is 0.188. The monoisotopic (exact) mass is 299 g/mol. The van der Waals surface area contributed by atoms with Crippen LogP contribution in [0.4, 0.5) is 5.69 Å². The molecule has 108 valence electrons. The van der Waals surface area contributed by atoms with Gasteiger partial charge >= 0.3 is 0 Å². The van der Waals surface area contributed by atoms with Crippen LogP contribution in [0.5, 0.6) is 0 Å². The zero-order chi connectivity index (χ0) is 15.0. The molecule has 3 aromatic rings. The molecule has 21 heavy (non-hydrogen) atoms. The minimum absolute atomic E-state index is 0.456. The smallest absolute Gasteiger partial charge is 0.197 e. The molecule has 0 radical (unpaired) electrons. The Balaban J connectivity index is 1.89. The topological polar surface area (TPSA) is 71.8 Å². The molecule has 4 nitrogen and oxygen atoms in total. The lowest BCUT2D eigenvalue weighted by atomic mass is 10.1. The van der Waals surface area contributed by atoms with E-state index in [1.165, 1.54) is 11.1 Å². The van der Waals surface area contributed by atoms with Crippen molar-refractivity contribution in [3.8, 4) is 0 Å². The highest BCUT2D eigenvalue weighted by molar-refractivity contribution is 7.84. The van der Waals surface area contributed by atoms with Gasteiger partial charge in [0.25, 0.3) is 0 Å². The van der Waals surface area contributed by atoms with E-state index in [-0.39, 0.29) is 0 Å². The Bertz CT molecular complexity index is 818. The van der Waals surface area contributed by atoms with E-state index in [9.17, 15) is 4.21 Å². The molecule has 3 N–H and O–H groups in total. The molecule has 1 unspecified atom stereocenters. The van der Waals surface area contributed by atoms with Crippen LogP contribution >= 0.6 is 0 Å². The molecule has 1 aromatic heterocycles. The predicted molar refractivity (Wildman–Crippen MR) is 86.5 cm³/mol. The van der Waals surface area contributed by atoms with Crippen molar-refractivity contribution in [3.63, 3.8) is 0 Å². The first-order chi connectivity index (χ1) is 10.0. The highest BCUT2D eigenvalue weighted by atomic mass is 32.2. The fourth-order valence-electron chi connectivity index (χ4n) is 2.48. The van der Waals surface area contributed by atoms with E-state index >= 15 is 0 Å². The van der Waals surface area contributed by atoms with Gasteiger partial charge in [0.15, 0.2) is 5.16 Å². The number of nitrogens with two attached hydrogens (primary N) is 1. The van der Waals surface area contributed by atoms with Crippen LogP contribution in [0, 0.1) is 13.8 Å². The summed E-state index contributed by atoms with van der Waals surface area (Å²) in [5.41, 5.74) is 11.4. The number of imidazole rings is 1. The van der Waals surface area contributed by atoms with Gasteiger partial charge < -0.3 is 10.7 Å². The number of rotatable bonds is 3. The van der Waals surface area contributed by atoms with Gasteiger partial charge in [0.2, 0.25) is 0 Å². The van der Waals surface area contributed by atoms with Crippen LogP contribution in [0.2, 0.25) is 0 Å². The van der Waals surface area contributed by atoms with Gasteiger partial charge in [-0.1, -0.05) is 29.3 Å². The summed E-state index contributed by atoms with van der Waals surface area (Å²) in [6.45, 7) is 4.09. The van der Waals surface area contributed by atoms with Gasteiger partial charge in [-0.25, -0.2) is 4.98 Å². The minimum atomic E-state index is -1.20. The molecule has 5 heteroatoms. The van der Waals surface area contributed by atoms with Crippen molar-refractivity contribution >= 4 is 27.5 Å². The number of aromatic amines is 1. The molecule has 0 spiro atoms. The molecule has 0 aliphatic heterocycles. The molecule has 0 aliphatic rings. The summed E-state index contributed by atoms with van der Waals surface area (Å²) in [5, 5.41) is 0.495. The molecule has 0 saturated carbocycles. The third-order valence-corrected chi connectivity index (χ3v) is 4.50. The molecule has 0 bridgehead atoms. The molecule has 0 saturated heterocycles. The van der Waals surface area contributed by atoms with E-state index in [4.69, 9.17) is 5.73 Å². The zero-order valence-corrected chi connectivity index (χ0v) is 12.8. The summed E-state index contributed by atoms with van der Waals surface area (Å²) in [6, 6.07) is 11.7. The summed E-state index contributed by atoms with van der Waals surface area (Å²) >= 11 is 0. The van der Waals surface area contributed by atoms with Gasteiger partial charge in [0.1, 0.15) is 0 Å². The molecular weight excluding hydrogens is 282 g/mol. The standard InChI is InChI=1S/C16H17N3OS/c1-10-5-11(2)7-12(6-10)9-21(20)16-18-14-4-3-13(17)8-15(14)19-16/h3-8H,9,17H2,1-2H3,(H,18,19). The number of H-pyrrole nitrogens is 1. The second kappa shape index (κ2) is 5.33. The lowest BCUT2D eigenvalue weighted by Gasteiger charge is -2.03. The summed E-state index contributed by atoms with van der Waals surface area (Å²) in [7, 11) is -1.20. The summed E-state index contributed by atoms with van der Waals surface area (Å²) < 4.78 is 12.5. The van der Waals surface area contributed by atoms with E-state index < -0.39 is 10.8 Å². The quantitative estimate of drug-likeness (QED) is 0.730. The molecule has 1 atom stereocenters. The van der Waals surface area contributed by atoms with Gasteiger partial charge in [0.05, 0.1) is 27.6 Å². The van der Waals surface area contributed by atoms with Gasteiger partial charge in [-0.3, -0.25) is 4.21 Å². The lowest BCUT2D eigenvalue weighted by molar-refractivity contribution is 0.677. The van der Waals surface area contributed by atoms with E-state index in [0.29, 0.717) is 16.6 Å². The Morgan fingerprint density at radius 2 is 1.86 bits per heavy atom. The maximum atomic E-state index is 12.5. The van der Waals surface area contributed by atoms with Gasteiger partial charge in [-0.05, 0) is 37.6 Å². The lowest BCUT2D eigenvalue weighted by Crippen LogP contribution is -1.99. The van der Waals surface area contributed by atoms with E-state index in [1.54, 1.807) is 12.1 Å². The van der Waals surface area contributed by atoms with Crippen LogP contribution in [0.15, 0.2) is 41.6 Å². The van der Waals surface area contributed by atoms with Crippen molar-refractivity contribution < 1.29 is 4.21 Å². The van der Waals surface area contributed by atoms with Crippen molar-refractivity contribution in [1.82, 2.24) is 9.97 Å². The molecular formula is C16H17N3OS. The number of nitrogen functional groups attached to an aromatic ring is 1. The maximum absolute atomic E-state index is 12.5. The Morgan fingerprint density at radius 3 is 2.57 bits per heavy atom. The number of hydrogen-bond donors (Lipinski definition) is 2. The summed E-state index contributed by atoms with van der Waals surface area (Å²) in [5.74, 6) is 0.456. The van der Waals surface area contributed by atoms with Crippen LogP contribution in [0.25, 0.3) is 11.0 Å². The molecule has 1 heterocycles. The number of aryl methyl sites for hydroxylation is 2. The maximum Gasteiger partial charge on any atom is 0.197 e. The van der Waals surface area contributed by atoms with E-state index in [1.807, 2.05) is 19.9 Å². The number of nitrogens with one attached hydrogen (secondary N) is 1. The molecule has 0 amide bonds. The normalized spacial score (nSPS) is 12.7. The average Bonchev–Trinajstić information content (AvgIpc) is 2.80. The Kier molecular flexibility index (Phi) is 3.51. The SMILES string of the molecule is Cc1cc(C)cc(CS(=O)c2nc3ccc(N)cc3[nH]2)c1. The number of fused-ring (bicyclic) bond motifs is 1.